The highest BCUT2D eigenvalue weighted by molar-refractivity contribution is 6.02. The fraction of sp³-hybridized carbons (Fsp3) is 0.231. The van der Waals surface area contributed by atoms with Gasteiger partial charge in [-0.25, -0.2) is 4.52 Å². The maximum atomic E-state index is 12.3. The van der Waals surface area contributed by atoms with Crippen LogP contribution in [0.5, 0.6) is 0 Å². The Kier molecular flexibility index (Phi) is 5.71. The molecule has 5 rings (SSSR count). The van der Waals surface area contributed by atoms with Crippen LogP contribution in [0.2, 0.25) is 0 Å². The molecular formula is C26H26N6O2. The number of benzene rings is 1. The lowest BCUT2D eigenvalue weighted by atomic mass is 10.1. The van der Waals surface area contributed by atoms with E-state index in [1.165, 1.54) is 19.0 Å². The molecule has 0 spiro atoms. The van der Waals surface area contributed by atoms with Gasteiger partial charge in [0.15, 0.2) is 0 Å². The van der Waals surface area contributed by atoms with E-state index in [-0.39, 0.29) is 11.9 Å². The predicted molar refractivity (Wildman–Crippen MR) is 130 cm³/mol. The average Bonchev–Trinajstić information content (AvgIpc) is 3.62. The number of fused-ring (bicyclic) bond motifs is 1. The van der Waals surface area contributed by atoms with Crippen molar-refractivity contribution in [3.8, 4) is 11.1 Å². The summed E-state index contributed by atoms with van der Waals surface area (Å²) in [6, 6.07) is 15.4. The van der Waals surface area contributed by atoms with Gasteiger partial charge >= 0.3 is 0 Å². The summed E-state index contributed by atoms with van der Waals surface area (Å²) in [4.78, 5) is 28.5. The lowest BCUT2D eigenvalue weighted by Gasteiger charge is -2.17. The topological polar surface area (TPSA) is 114 Å². The quantitative estimate of drug-likeness (QED) is 0.376. The number of anilines is 1. The molecule has 1 aliphatic carbocycles. The standard InChI is InChI=1S/C26H26N6O2/c1-16(18-8-9-18)31-24-21(25(27)33)14-30-32-15-20(12-23(24)32)19-6-4-5-17(11-19)13-29-26(34)22-7-2-3-10-28-22/h2-7,10-12,14-16,18,31H,8-9,13H2,1H3,(H2,27,33)(H,29,34). The Hall–Kier alpha value is -4.20. The van der Waals surface area contributed by atoms with Crippen LogP contribution in [-0.4, -0.2) is 32.5 Å². The SMILES string of the molecule is CC(Nc1c(C(N)=O)cnn2cc(-c3cccc(CNC(=O)c4ccccn4)c3)cc12)C1CC1. The van der Waals surface area contributed by atoms with E-state index in [1.807, 2.05) is 36.5 Å². The molecule has 4 aromatic rings. The van der Waals surface area contributed by atoms with Crippen LogP contribution in [0.15, 0.2) is 67.1 Å². The second-order valence-corrected chi connectivity index (χ2v) is 8.72. The Balaban J connectivity index is 1.42. The zero-order chi connectivity index (χ0) is 23.7. The van der Waals surface area contributed by atoms with Crippen molar-refractivity contribution in [2.45, 2.75) is 32.4 Å². The van der Waals surface area contributed by atoms with E-state index < -0.39 is 5.91 Å². The number of primary amides is 1. The first kappa shape index (κ1) is 21.6. The summed E-state index contributed by atoms with van der Waals surface area (Å²) in [7, 11) is 0. The van der Waals surface area contributed by atoms with Gasteiger partial charge in [-0.3, -0.25) is 14.6 Å². The van der Waals surface area contributed by atoms with Crippen molar-refractivity contribution in [3.05, 3.63) is 83.9 Å². The van der Waals surface area contributed by atoms with Crippen molar-refractivity contribution in [2.75, 3.05) is 5.32 Å². The highest BCUT2D eigenvalue weighted by atomic mass is 16.2. The van der Waals surface area contributed by atoms with Crippen LogP contribution in [0.4, 0.5) is 5.69 Å². The van der Waals surface area contributed by atoms with Gasteiger partial charge in [0.05, 0.1) is 23.0 Å². The molecule has 1 atom stereocenters. The number of aromatic nitrogens is 3. The van der Waals surface area contributed by atoms with E-state index in [1.54, 1.807) is 28.9 Å². The molecule has 3 aromatic heterocycles. The Morgan fingerprint density at radius 1 is 1.15 bits per heavy atom. The van der Waals surface area contributed by atoms with Crippen LogP contribution >= 0.6 is 0 Å². The average molecular weight is 455 g/mol. The van der Waals surface area contributed by atoms with Crippen molar-refractivity contribution in [1.29, 1.82) is 0 Å². The summed E-state index contributed by atoms with van der Waals surface area (Å²) in [5, 5.41) is 10.8. The van der Waals surface area contributed by atoms with Gasteiger partial charge in [0, 0.05) is 30.5 Å². The molecule has 8 heteroatoms. The molecule has 4 N–H and O–H groups in total. The van der Waals surface area contributed by atoms with Crippen molar-refractivity contribution in [2.24, 2.45) is 11.7 Å². The molecule has 0 saturated heterocycles. The van der Waals surface area contributed by atoms with Crippen LogP contribution < -0.4 is 16.4 Å². The Morgan fingerprint density at radius 3 is 2.74 bits per heavy atom. The van der Waals surface area contributed by atoms with E-state index in [2.05, 4.69) is 27.6 Å². The lowest BCUT2D eigenvalue weighted by Crippen LogP contribution is -2.23. The van der Waals surface area contributed by atoms with Gasteiger partial charge in [0.1, 0.15) is 5.69 Å². The highest BCUT2D eigenvalue weighted by Gasteiger charge is 2.29. The van der Waals surface area contributed by atoms with E-state index in [0.29, 0.717) is 29.4 Å². The number of nitrogens with one attached hydrogen (secondary N) is 2. The highest BCUT2D eigenvalue weighted by Crippen LogP contribution is 2.36. The van der Waals surface area contributed by atoms with Crippen LogP contribution in [0.3, 0.4) is 0 Å². The zero-order valence-corrected chi connectivity index (χ0v) is 18.9. The second-order valence-electron chi connectivity index (χ2n) is 8.72. The minimum absolute atomic E-state index is 0.218. The third-order valence-electron chi connectivity index (χ3n) is 6.21. The zero-order valence-electron chi connectivity index (χ0n) is 18.9. The third kappa shape index (κ3) is 4.47. The van der Waals surface area contributed by atoms with Gasteiger partial charge in [-0.15, -0.1) is 0 Å². The summed E-state index contributed by atoms with van der Waals surface area (Å²) in [5.74, 6) is -0.112. The van der Waals surface area contributed by atoms with E-state index in [0.717, 1.165) is 22.2 Å². The van der Waals surface area contributed by atoms with Crippen LogP contribution in [0, 0.1) is 5.92 Å². The molecule has 1 aliphatic rings. The minimum Gasteiger partial charge on any atom is -0.380 e. The smallest absolute Gasteiger partial charge is 0.270 e. The summed E-state index contributed by atoms with van der Waals surface area (Å²) >= 11 is 0. The molecular weight excluding hydrogens is 428 g/mol. The molecule has 172 valence electrons. The summed E-state index contributed by atoms with van der Waals surface area (Å²) < 4.78 is 1.76. The van der Waals surface area contributed by atoms with Gasteiger partial charge in [-0.05, 0) is 61.1 Å². The number of carbonyl (C=O) groups excluding carboxylic acids is 2. The van der Waals surface area contributed by atoms with Gasteiger partial charge < -0.3 is 16.4 Å². The Bertz CT molecular complexity index is 1360. The number of hydrogen-bond acceptors (Lipinski definition) is 5. The normalized spacial score (nSPS) is 14.0. The first-order valence-corrected chi connectivity index (χ1v) is 11.4. The van der Waals surface area contributed by atoms with Gasteiger partial charge in [0.2, 0.25) is 0 Å². The van der Waals surface area contributed by atoms with Crippen molar-refractivity contribution < 1.29 is 9.59 Å². The first-order chi connectivity index (χ1) is 16.5. The van der Waals surface area contributed by atoms with Gasteiger partial charge in [-0.1, -0.05) is 24.3 Å². The number of nitrogens with two attached hydrogens (primary N) is 1. The number of amides is 2. The second kappa shape index (κ2) is 8.97. The van der Waals surface area contributed by atoms with Crippen LogP contribution in [0.1, 0.15) is 46.2 Å². The molecule has 8 nitrogen and oxygen atoms in total. The fourth-order valence-electron chi connectivity index (χ4n) is 4.13. The van der Waals surface area contributed by atoms with E-state index in [9.17, 15) is 9.59 Å². The molecule has 1 unspecified atom stereocenters. The maximum Gasteiger partial charge on any atom is 0.270 e. The largest absolute Gasteiger partial charge is 0.380 e. The molecule has 1 fully saturated rings. The molecule has 0 bridgehead atoms. The molecule has 1 saturated carbocycles. The van der Waals surface area contributed by atoms with Gasteiger partial charge in [0.25, 0.3) is 11.8 Å². The van der Waals surface area contributed by atoms with E-state index >= 15 is 0 Å². The predicted octanol–water partition coefficient (Wildman–Crippen LogP) is 3.64. The third-order valence-corrected chi connectivity index (χ3v) is 6.21. The maximum absolute atomic E-state index is 12.3. The molecule has 0 aliphatic heterocycles. The lowest BCUT2D eigenvalue weighted by molar-refractivity contribution is 0.0944. The van der Waals surface area contributed by atoms with Crippen molar-refractivity contribution in [3.63, 3.8) is 0 Å². The molecule has 1 aromatic carbocycles. The summed E-state index contributed by atoms with van der Waals surface area (Å²) in [6.45, 7) is 2.51. The van der Waals surface area contributed by atoms with Crippen LogP contribution in [0.25, 0.3) is 16.6 Å². The van der Waals surface area contributed by atoms with Gasteiger partial charge in [-0.2, -0.15) is 5.10 Å². The number of carbonyl (C=O) groups is 2. The van der Waals surface area contributed by atoms with E-state index in [4.69, 9.17) is 5.73 Å². The number of nitrogens with zero attached hydrogens (tertiary/aromatic N) is 3. The molecule has 3 heterocycles. The number of pyridine rings is 1. The summed E-state index contributed by atoms with van der Waals surface area (Å²) in [5.41, 5.74) is 10.8. The Morgan fingerprint density at radius 2 is 2.00 bits per heavy atom. The monoisotopic (exact) mass is 454 g/mol. The number of rotatable bonds is 8. The molecule has 34 heavy (non-hydrogen) atoms. The van der Waals surface area contributed by atoms with Crippen LogP contribution in [-0.2, 0) is 6.54 Å². The summed E-state index contributed by atoms with van der Waals surface area (Å²) in [6.07, 6.45) is 7.43. The van der Waals surface area contributed by atoms with Crippen molar-refractivity contribution >= 4 is 23.0 Å². The molecule has 2 amide bonds. The first-order valence-electron chi connectivity index (χ1n) is 11.4. The fourth-order valence-corrected chi connectivity index (χ4v) is 4.13. The number of hydrogen-bond donors (Lipinski definition) is 3. The minimum atomic E-state index is -0.506. The Labute approximate surface area is 197 Å². The van der Waals surface area contributed by atoms with Crippen molar-refractivity contribution in [1.82, 2.24) is 19.9 Å². The molecule has 0 radical (unpaired) electrons.